The first-order valence-corrected chi connectivity index (χ1v) is 12.6. The zero-order valence-electron chi connectivity index (χ0n) is 20.1. The first kappa shape index (κ1) is 20.3. The van der Waals surface area contributed by atoms with Gasteiger partial charge in [0, 0.05) is 39.1 Å². The van der Waals surface area contributed by atoms with Gasteiger partial charge in [0.2, 0.25) is 0 Å². The van der Waals surface area contributed by atoms with Crippen molar-refractivity contribution in [3.8, 4) is 0 Å². The summed E-state index contributed by atoms with van der Waals surface area (Å²) in [4.78, 5) is 6.06. The van der Waals surface area contributed by atoms with Crippen molar-refractivity contribution in [2.24, 2.45) is 0 Å². The van der Waals surface area contributed by atoms with Gasteiger partial charge in [0.1, 0.15) is 0 Å². The van der Waals surface area contributed by atoms with Crippen LogP contribution in [0.2, 0.25) is 0 Å². The summed E-state index contributed by atoms with van der Waals surface area (Å²) in [6.45, 7) is 4.50. The molecule has 1 N–H and O–H groups in total. The molecule has 1 aliphatic carbocycles. The molecule has 0 radical (unpaired) electrons. The molecular formula is C33H28N2. The van der Waals surface area contributed by atoms with Crippen LogP contribution in [-0.2, 0) is 0 Å². The number of nitrogens with one attached hydrogen (secondary N) is 1. The fourth-order valence-electron chi connectivity index (χ4n) is 5.89. The third-order valence-electron chi connectivity index (χ3n) is 7.73. The minimum atomic E-state index is 0.290. The van der Waals surface area contributed by atoms with E-state index < -0.39 is 0 Å². The van der Waals surface area contributed by atoms with E-state index in [9.17, 15) is 0 Å². The number of anilines is 2. The molecular weight excluding hydrogens is 424 g/mol. The third-order valence-corrected chi connectivity index (χ3v) is 7.73. The lowest BCUT2D eigenvalue weighted by Gasteiger charge is -2.30. The number of fused-ring (bicyclic) bond motifs is 6. The van der Waals surface area contributed by atoms with Crippen molar-refractivity contribution in [2.75, 3.05) is 4.90 Å². The molecule has 170 valence electrons. The minimum Gasteiger partial charge on any atom is -0.355 e. The van der Waals surface area contributed by atoms with E-state index in [4.69, 9.17) is 0 Å². The van der Waals surface area contributed by atoms with Gasteiger partial charge in [0.15, 0.2) is 0 Å². The van der Waals surface area contributed by atoms with Gasteiger partial charge in [-0.05, 0) is 64.6 Å². The van der Waals surface area contributed by atoms with Crippen LogP contribution in [0.15, 0.2) is 109 Å². The van der Waals surface area contributed by atoms with Crippen molar-refractivity contribution in [1.29, 1.82) is 0 Å². The van der Waals surface area contributed by atoms with Gasteiger partial charge in [0.25, 0.3) is 0 Å². The van der Waals surface area contributed by atoms with Gasteiger partial charge in [-0.15, -0.1) is 0 Å². The lowest BCUT2D eigenvalue weighted by molar-refractivity contribution is 0.746. The number of aromatic amines is 1. The van der Waals surface area contributed by atoms with E-state index in [0.717, 1.165) is 0 Å². The van der Waals surface area contributed by atoms with Crippen LogP contribution in [0.25, 0.3) is 27.4 Å². The normalized spacial score (nSPS) is 18.8. The molecule has 2 heterocycles. The number of para-hydroxylation sites is 2. The van der Waals surface area contributed by atoms with Gasteiger partial charge in [-0.3, -0.25) is 0 Å². The third kappa shape index (κ3) is 3.17. The number of allylic oxidation sites excluding steroid dienone is 2. The second kappa shape index (κ2) is 7.74. The Morgan fingerprint density at radius 1 is 0.771 bits per heavy atom. The summed E-state index contributed by atoms with van der Waals surface area (Å²) in [5, 5.41) is 2.57. The lowest BCUT2D eigenvalue weighted by Crippen LogP contribution is -2.28. The molecule has 0 saturated heterocycles. The number of hydrogen-bond donors (Lipinski definition) is 1. The molecule has 0 bridgehead atoms. The van der Waals surface area contributed by atoms with E-state index in [0.29, 0.717) is 11.8 Å². The predicted molar refractivity (Wildman–Crippen MR) is 149 cm³/mol. The Hall–Kier alpha value is -4.04. The largest absolute Gasteiger partial charge is 0.355 e. The monoisotopic (exact) mass is 452 g/mol. The molecule has 2 aliphatic rings. The van der Waals surface area contributed by atoms with Gasteiger partial charge in [-0.1, -0.05) is 86.7 Å². The van der Waals surface area contributed by atoms with E-state index in [1.807, 2.05) is 0 Å². The Kier molecular flexibility index (Phi) is 4.50. The number of rotatable bonds is 3. The lowest BCUT2D eigenvalue weighted by atomic mass is 9.86. The van der Waals surface area contributed by atoms with Crippen molar-refractivity contribution in [1.82, 2.24) is 4.98 Å². The van der Waals surface area contributed by atoms with Gasteiger partial charge < -0.3 is 9.88 Å². The van der Waals surface area contributed by atoms with E-state index in [-0.39, 0.29) is 6.04 Å². The number of benzene rings is 4. The molecule has 2 atom stereocenters. The second-order valence-electron chi connectivity index (χ2n) is 10.1. The van der Waals surface area contributed by atoms with Crippen molar-refractivity contribution in [3.63, 3.8) is 0 Å². The summed E-state index contributed by atoms with van der Waals surface area (Å²) < 4.78 is 0. The average molecular weight is 453 g/mol. The van der Waals surface area contributed by atoms with E-state index in [1.165, 1.54) is 55.4 Å². The van der Waals surface area contributed by atoms with E-state index in [2.05, 4.69) is 133 Å². The summed E-state index contributed by atoms with van der Waals surface area (Å²) in [6, 6.07) is 33.7. The molecule has 7 rings (SSSR count). The van der Waals surface area contributed by atoms with Crippen LogP contribution in [0.4, 0.5) is 11.4 Å². The molecule has 35 heavy (non-hydrogen) atoms. The Morgan fingerprint density at radius 3 is 2.40 bits per heavy atom. The summed E-state index contributed by atoms with van der Waals surface area (Å²) in [5.74, 6) is 0.867. The Balaban J connectivity index is 1.30. The van der Waals surface area contributed by atoms with Gasteiger partial charge in [-0.25, -0.2) is 0 Å². The van der Waals surface area contributed by atoms with Crippen LogP contribution in [0.1, 0.15) is 42.4 Å². The minimum absolute atomic E-state index is 0.290. The van der Waals surface area contributed by atoms with Crippen LogP contribution in [0.5, 0.6) is 0 Å². The van der Waals surface area contributed by atoms with Crippen LogP contribution >= 0.6 is 0 Å². The first-order chi connectivity index (χ1) is 17.2. The molecule has 0 fully saturated rings. The molecule has 2 nitrogen and oxygen atoms in total. The van der Waals surface area contributed by atoms with Crippen LogP contribution in [0.3, 0.4) is 0 Å². The molecule has 2 unspecified atom stereocenters. The highest BCUT2D eigenvalue weighted by molar-refractivity contribution is 6.08. The Labute approximate surface area is 206 Å². The molecule has 0 spiro atoms. The van der Waals surface area contributed by atoms with E-state index >= 15 is 0 Å². The Morgan fingerprint density at radius 2 is 1.54 bits per heavy atom. The highest BCUT2D eigenvalue weighted by Crippen LogP contribution is 2.49. The van der Waals surface area contributed by atoms with Crippen molar-refractivity contribution < 1.29 is 0 Å². The van der Waals surface area contributed by atoms with Crippen LogP contribution in [-0.4, -0.2) is 11.0 Å². The predicted octanol–water partition coefficient (Wildman–Crippen LogP) is 8.70. The maximum absolute atomic E-state index is 3.55. The average Bonchev–Trinajstić information content (AvgIpc) is 3.43. The zero-order valence-corrected chi connectivity index (χ0v) is 20.1. The molecule has 2 heteroatoms. The standard InChI is InChI=1S/C33H28N2/c1-21(2)22-11-15-25(16-12-22)35-32-10-6-4-8-27(32)29-20-24(14-18-33(29)35)23-13-17-31-28(19-23)26-7-3-5-9-30(26)34-31/h3-21,29,33-34H,1-2H3. The number of nitrogens with zero attached hydrogens (tertiary/aromatic N) is 1. The molecule has 0 saturated carbocycles. The molecule has 1 aromatic heterocycles. The maximum atomic E-state index is 3.55. The summed E-state index contributed by atoms with van der Waals surface area (Å²) >= 11 is 0. The molecule has 1 aliphatic heterocycles. The second-order valence-corrected chi connectivity index (χ2v) is 10.1. The highest BCUT2D eigenvalue weighted by atomic mass is 15.2. The fourth-order valence-corrected chi connectivity index (χ4v) is 5.89. The van der Waals surface area contributed by atoms with Gasteiger partial charge in [0.05, 0.1) is 6.04 Å². The first-order valence-electron chi connectivity index (χ1n) is 12.6. The summed E-state index contributed by atoms with van der Waals surface area (Å²) in [5.41, 5.74) is 10.3. The quantitative estimate of drug-likeness (QED) is 0.290. The van der Waals surface area contributed by atoms with E-state index in [1.54, 1.807) is 0 Å². The molecule has 4 aromatic carbocycles. The number of hydrogen-bond acceptors (Lipinski definition) is 1. The van der Waals surface area contributed by atoms with Crippen molar-refractivity contribution in [2.45, 2.75) is 31.7 Å². The SMILES string of the molecule is CC(C)c1ccc(N2c3ccccc3C3C=C(c4ccc5[nH]c6ccccc6c5c4)C=CC32)cc1. The maximum Gasteiger partial charge on any atom is 0.0630 e. The zero-order chi connectivity index (χ0) is 23.5. The van der Waals surface area contributed by atoms with Crippen LogP contribution in [0, 0.1) is 0 Å². The fraction of sp³-hybridized carbons (Fsp3) is 0.152. The Bertz CT molecular complexity index is 1630. The van der Waals surface area contributed by atoms with Gasteiger partial charge in [-0.2, -0.15) is 0 Å². The van der Waals surface area contributed by atoms with Crippen molar-refractivity contribution >= 4 is 38.8 Å². The summed E-state index contributed by atoms with van der Waals surface area (Å²) in [7, 11) is 0. The molecule has 0 amide bonds. The summed E-state index contributed by atoms with van der Waals surface area (Å²) in [6.07, 6.45) is 7.19. The number of H-pyrrole nitrogens is 1. The van der Waals surface area contributed by atoms with Crippen LogP contribution < -0.4 is 4.90 Å². The van der Waals surface area contributed by atoms with Crippen molar-refractivity contribution in [3.05, 3.63) is 126 Å². The van der Waals surface area contributed by atoms with Gasteiger partial charge >= 0.3 is 0 Å². The highest BCUT2D eigenvalue weighted by Gasteiger charge is 2.38. The smallest absolute Gasteiger partial charge is 0.0630 e. The molecule has 5 aromatic rings. The topological polar surface area (TPSA) is 19.0 Å². The number of aromatic nitrogens is 1.